The zero-order chi connectivity index (χ0) is 9.97. The standard InChI is InChI=1S/C11H10O3/c12-9-6-7-10(14-11(9)13)8-4-2-1-3-5-8/h1-6,10,12H,7H2. The molecule has 0 radical (unpaired) electrons. The van der Waals surface area contributed by atoms with E-state index >= 15 is 0 Å². The summed E-state index contributed by atoms with van der Waals surface area (Å²) in [6, 6.07) is 9.48. The minimum atomic E-state index is -0.648. The summed E-state index contributed by atoms with van der Waals surface area (Å²) in [5, 5.41) is 9.03. The maximum absolute atomic E-state index is 11.0. The summed E-state index contributed by atoms with van der Waals surface area (Å²) in [6.45, 7) is 0. The molecule has 0 fully saturated rings. The summed E-state index contributed by atoms with van der Waals surface area (Å²) in [5.74, 6) is -0.942. The molecule has 1 unspecified atom stereocenters. The Kier molecular flexibility index (Phi) is 2.23. The molecule has 2 rings (SSSR count). The Labute approximate surface area is 81.6 Å². The van der Waals surface area contributed by atoms with Crippen molar-refractivity contribution in [2.75, 3.05) is 0 Å². The lowest BCUT2D eigenvalue weighted by atomic mass is 10.0. The van der Waals surface area contributed by atoms with Crippen LogP contribution in [0.25, 0.3) is 0 Å². The smallest absolute Gasteiger partial charge is 0.373 e. The molecule has 1 aromatic carbocycles. The predicted octanol–water partition coefficient (Wildman–Crippen LogP) is 2.12. The van der Waals surface area contributed by atoms with Crippen LogP contribution in [0.15, 0.2) is 42.2 Å². The molecule has 0 aromatic heterocycles. The molecular formula is C11H10O3. The number of esters is 1. The van der Waals surface area contributed by atoms with Gasteiger partial charge in [0.15, 0.2) is 5.76 Å². The Bertz CT molecular complexity index is 367. The molecule has 3 nitrogen and oxygen atoms in total. The maximum Gasteiger partial charge on any atom is 0.373 e. The molecule has 0 bridgehead atoms. The second-order valence-corrected chi connectivity index (χ2v) is 3.13. The number of aliphatic hydroxyl groups is 1. The van der Waals surface area contributed by atoms with Crippen LogP contribution in [0.2, 0.25) is 0 Å². The van der Waals surface area contributed by atoms with Gasteiger partial charge in [0.05, 0.1) is 0 Å². The molecule has 3 heteroatoms. The summed E-state index contributed by atoms with van der Waals surface area (Å²) in [7, 11) is 0. The molecule has 0 saturated carbocycles. The summed E-state index contributed by atoms with van der Waals surface area (Å²) in [5.41, 5.74) is 0.949. The van der Waals surface area contributed by atoms with Crippen molar-refractivity contribution in [1.29, 1.82) is 0 Å². The first-order valence-corrected chi connectivity index (χ1v) is 4.42. The number of hydrogen-bond acceptors (Lipinski definition) is 3. The average molecular weight is 190 g/mol. The van der Waals surface area contributed by atoms with Gasteiger partial charge in [-0.25, -0.2) is 4.79 Å². The zero-order valence-electron chi connectivity index (χ0n) is 7.51. The fourth-order valence-corrected chi connectivity index (χ4v) is 1.41. The van der Waals surface area contributed by atoms with Crippen LogP contribution in [0.1, 0.15) is 18.1 Å². The summed E-state index contributed by atoms with van der Waals surface area (Å²) in [4.78, 5) is 11.0. The Morgan fingerprint density at radius 1 is 1.29 bits per heavy atom. The van der Waals surface area contributed by atoms with Crippen LogP contribution in [0, 0.1) is 0 Å². The van der Waals surface area contributed by atoms with Crippen molar-refractivity contribution in [3.63, 3.8) is 0 Å². The molecule has 0 aliphatic carbocycles. The zero-order valence-corrected chi connectivity index (χ0v) is 7.51. The molecule has 1 N–H and O–H groups in total. The SMILES string of the molecule is O=C1OC(c2ccccc2)CC=C1O. The van der Waals surface area contributed by atoms with Gasteiger partial charge in [-0.05, 0) is 11.6 Å². The molecule has 1 aliphatic heterocycles. The fraction of sp³-hybridized carbons (Fsp3) is 0.182. The third kappa shape index (κ3) is 1.62. The number of cyclic esters (lactones) is 1. The van der Waals surface area contributed by atoms with E-state index < -0.39 is 5.97 Å². The van der Waals surface area contributed by atoms with Gasteiger partial charge in [-0.1, -0.05) is 30.3 Å². The third-order valence-electron chi connectivity index (χ3n) is 2.16. The van der Waals surface area contributed by atoms with Gasteiger partial charge in [0.2, 0.25) is 0 Å². The third-order valence-corrected chi connectivity index (χ3v) is 2.16. The number of rotatable bonds is 1. The summed E-state index contributed by atoms with van der Waals surface area (Å²) < 4.78 is 5.03. The lowest BCUT2D eigenvalue weighted by Crippen LogP contribution is -2.17. The highest BCUT2D eigenvalue weighted by Crippen LogP contribution is 2.26. The van der Waals surface area contributed by atoms with Crippen LogP contribution in [0.5, 0.6) is 0 Å². The normalized spacial score (nSPS) is 21.3. The number of ether oxygens (including phenoxy) is 1. The molecule has 0 saturated heterocycles. The van der Waals surface area contributed by atoms with Crippen LogP contribution in [-0.4, -0.2) is 11.1 Å². The molecule has 1 aliphatic rings. The summed E-state index contributed by atoms with van der Waals surface area (Å²) in [6.07, 6.45) is 1.75. The number of benzene rings is 1. The van der Waals surface area contributed by atoms with Crippen LogP contribution in [-0.2, 0) is 9.53 Å². The van der Waals surface area contributed by atoms with Crippen molar-refractivity contribution in [2.24, 2.45) is 0 Å². The quantitative estimate of drug-likeness (QED) is 0.690. The Morgan fingerprint density at radius 2 is 2.00 bits per heavy atom. The molecule has 1 heterocycles. The van der Waals surface area contributed by atoms with Gasteiger partial charge >= 0.3 is 5.97 Å². The van der Waals surface area contributed by atoms with E-state index in [9.17, 15) is 4.79 Å². The van der Waals surface area contributed by atoms with Gasteiger partial charge in [0.1, 0.15) is 6.10 Å². The lowest BCUT2D eigenvalue weighted by Gasteiger charge is -2.20. The molecule has 72 valence electrons. The van der Waals surface area contributed by atoms with Gasteiger partial charge in [0, 0.05) is 6.42 Å². The van der Waals surface area contributed by atoms with Gasteiger partial charge in [-0.3, -0.25) is 0 Å². The highest BCUT2D eigenvalue weighted by Gasteiger charge is 2.23. The first kappa shape index (κ1) is 8.81. The van der Waals surface area contributed by atoms with E-state index in [1.807, 2.05) is 30.3 Å². The van der Waals surface area contributed by atoms with Crippen LogP contribution >= 0.6 is 0 Å². The van der Waals surface area contributed by atoms with Crippen molar-refractivity contribution in [1.82, 2.24) is 0 Å². The minimum absolute atomic E-state index is 0.264. The molecular weight excluding hydrogens is 180 g/mol. The first-order chi connectivity index (χ1) is 6.77. The highest BCUT2D eigenvalue weighted by atomic mass is 16.6. The van der Waals surface area contributed by atoms with E-state index in [0.29, 0.717) is 6.42 Å². The van der Waals surface area contributed by atoms with Gasteiger partial charge in [-0.15, -0.1) is 0 Å². The Morgan fingerprint density at radius 3 is 2.64 bits per heavy atom. The fourth-order valence-electron chi connectivity index (χ4n) is 1.41. The van der Waals surface area contributed by atoms with Crippen molar-refractivity contribution in [3.05, 3.63) is 47.7 Å². The van der Waals surface area contributed by atoms with E-state index in [1.165, 1.54) is 6.08 Å². The number of carbonyl (C=O) groups is 1. The van der Waals surface area contributed by atoms with Gasteiger partial charge < -0.3 is 9.84 Å². The highest BCUT2D eigenvalue weighted by molar-refractivity contribution is 5.86. The van der Waals surface area contributed by atoms with E-state index in [-0.39, 0.29) is 11.9 Å². The summed E-state index contributed by atoms with van der Waals surface area (Å²) >= 11 is 0. The van der Waals surface area contributed by atoms with E-state index in [0.717, 1.165) is 5.56 Å². The molecule has 1 atom stereocenters. The maximum atomic E-state index is 11.0. The second kappa shape index (κ2) is 3.54. The number of carbonyl (C=O) groups excluding carboxylic acids is 1. The van der Waals surface area contributed by atoms with Gasteiger partial charge in [-0.2, -0.15) is 0 Å². The van der Waals surface area contributed by atoms with Crippen LogP contribution in [0.3, 0.4) is 0 Å². The number of aliphatic hydroxyl groups excluding tert-OH is 1. The van der Waals surface area contributed by atoms with Crippen molar-refractivity contribution >= 4 is 5.97 Å². The van der Waals surface area contributed by atoms with E-state index in [1.54, 1.807) is 0 Å². The first-order valence-electron chi connectivity index (χ1n) is 4.42. The van der Waals surface area contributed by atoms with E-state index in [4.69, 9.17) is 9.84 Å². The molecule has 1 aromatic rings. The van der Waals surface area contributed by atoms with Crippen LogP contribution in [0.4, 0.5) is 0 Å². The second-order valence-electron chi connectivity index (χ2n) is 3.13. The van der Waals surface area contributed by atoms with Crippen molar-refractivity contribution in [3.8, 4) is 0 Å². The predicted molar refractivity (Wildman–Crippen MR) is 50.6 cm³/mol. The average Bonchev–Trinajstić information content (AvgIpc) is 2.23. The Balaban J connectivity index is 2.20. The van der Waals surface area contributed by atoms with Crippen molar-refractivity contribution < 1.29 is 14.6 Å². The molecule has 14 heavy (non-hydrogen) atoms. The topological polar surface area (TPSA) is 46.5 Å². The Hall–Kier alpha value is -1.77. The molecule has 0 amide bonds. The lowest BCUT2D eigenvalue weighted by molar-refractivity contribution is -0.149. The monoisotopic (exact) mass is 190 g/mol. The van der Waals surface area contributed by atoms with Gasteiger partial charge in [0.25, 0.3) is 0 Å². The van der Waals surface area contributed by atoms with E-state index in [2.05, 4.69) is 0 Å². The van der Waals surface area contributed by atoms with Crippen LogP contribution < -0.4 is 0 Å². The minimum Gasteiger partial charge on any atom is -0.502 e. The number of hydrogen-bond donors (Lipinski definition) is 1. The van der Waals surface area contributed by atoms with Crippen molar-refractivity contribution in [2.45, 2.75) is 12.5 Å². The largest absolute Gasteiger partial charge is 0.502 e. The molecule has 0 spiro atoms.